The average Bonchev–Trinajstić information content (AvgIpc) is 3.22. The first-order valence-electron chi connectivity index (χ1n) is 10.1. The van der Waals surface area contributed by atoms with E-state index in [4.69, 9.17) is 9.26 Å². The number of aromatic nitrogens is 2. The van der Waals surface area contributed by atoms with Crippen LogP contribution in [0.3, 0.4) is 0 Å². The lowest BCUT2D eigenvalue weighted by atomic mass is 9.71. The minimum absolute atomic E-state index is 0.188. The third-order valence-electron chi connectivity index (χ3n) is 6.21. The SMILES string of the molecule is COc1ccc(-c2noc(CCC(=O)N3CCC4(CCNCC4)CC3)n2)cc1. The molecular weight excluding hydrogens is 356 g/mol. The van der Waals surface area contributed by atoms with E-state index >= 15 is 0 Å². The number of carbonyl (C=O) groups is 1. The number of aryl methyl sites for hydroxylation is 1. The number of rotatable bonds is 5. The van der Waals surface area contributed by atoms with Crippen molar-refractivity contribution in [2.45, 2.75) is 38.5 Å². The Kier molecular flexibility index (Phi) is 5.62. The molecule has 1 spiro atoms. The molecule has 0 unspecified atom stereocenters. The van der Waals surface area contributed by atoms with Crippen LogP contribution in [0, 0.1) is 5.41 Å². The Hall–Kier alpha value is -2.41. The monoisotopic (exact) mass is 384 g/mol. The van der Waals surface area contributed by atoms with E-state index in [1.54, 1.807) is 7.11 Å². The van der Waals surface area contributed by atoms with Gasteiger partial charge in [-0.3, -0.25) is 4.79 Å². The van der Waals surface area contributed by atoms with Crippen LogP contribution in [-0.2, 0) is 11.2 Å². The standard InChI is InChI=1S/C21H28N4O3/c1-27-17-4-2-16(3-5-17)20-23-18(28-24-20)6-7-19(26)25-14-10-21(11-15-25)8-12-22-13-9-21/h2-5,22H,6-15H2,1H3. The highest BCUT2D eigenvalue weighted by atomic mass is 16.5. The van der Waals surface area contributed by atoms with Crippen LogP contribution in [0.1, 0.15) is 38.0 Å². The Bertz CT molecular complexity index is 786. The number of carbonyl (C=O) groups excluding carboxylic acids is 1. The van der Waals surface area contributed by atoms with E-state index < -0.39 is 0 Å². The van der Waals surface area contributed by atoms with E-state index in [-0.39, 0.29) is 5.91 Å². The van der Waals surface area contributed by atoms with Crippen molar-refractivity contribution in [1.82, 2.24) is 20.4 Å². The number of methoxy groups -OCH3 is 1. The number of hydrogen-bond acceptors (Lipinski definition) is 6. The Labute approximate surface area is 165 Å². The first-order valence-corrected chi connectivity index (χ1v) is 10.1. The molecule has 2 aromatic rings. The molecule has 2 aliphatic heterocycles. The molecule has 1 amide bonds. The lowest BCUT2D eigenvalue weighted by Crippen LogP contribution is -2.47. The van der Waals surface area contributed by atoms with Crippen LogP contribution in [-0.4, -0.2) is 54.2 Å². The van der Waals surface area contributed by atoms with Crippen LogP contribution in [0.4, 0.5) is 0 Å². The molecule has 0 bridgehead atoms. The molecule has 0 atom stereocenters. The molecule has 7 nitrogen and oxygen atoms in total. The summed E-state index contributed by atoms with van der Waals surface area (Å²) in [5, 5.41) is 7.47. The van der Waals surface area contributed by atoms with Gasteiger partial charge in [0, 0.05) is 31.5 Å². The normalized spacial score (nSPS) is 19.0. The minimum Gasteiger partial charge on any atom is -0.497 e. The van der Waals surface area contributed by atoms with Crippen molar-refractivity contribution in [3.8, 4) is 17.1 Å². The molecule has 28 heavy (non-hydrogen) atoms. The summed E-state index contributed by atoms with van der Waals surface area (Å²) in [4.78, 5) is 19.0. The second-order valence-corrected chi connectivity index (χ2v) is 7.87. The lowest BCUT2D eigenvalue weighted by Gasteiger charge is -2.44. The second kappa shape index (κ2) is 8.31. The third kappa shape index (κ3) is 4.19. The maximum Gasteiger partial charge on any atom is 0.227 e. The van der Waals surface area contributed by atoms with Crippen LogP contribution in [0.15, 0.2) is 28.8 Å². The van der Waals surface area contributed by atoms with Gasteiger partial charge in [-0.25, -0.2) is 0 Å². The molecule has 2 saturated heterocycles. The largest absolute Gasteiger partial charge is 0.497 e. The van der Waals surface area contributed by atoms with Gasteiger partial charge < -0.3 is 19.5 Å². The molecule has 2 fully saturated rings. The second-order valence-electron chi connectivity index (χ2n) is 7.87. The molecular formula is C21H28N4O3. The number of ether oxygens (including phenoxy) is 1. The Balaban J connectivity index is 1.27. The van der Waals surface area contributed by atoms with Gasteiger partial charge in [0.2, 0.25) is 17.6 Å². The van der Waals surface area contributed by atoms with Gasteiger partial charge in [-0.1, -0.05) is 5.16 Å². The van der Waals surface area contributed by atoms with Crippen molar-refractivity contribution in [3.05, 3.63) is 30.2 Å². The fraction of sp³-hybridized carbons (Fsp3) is 0.571. The van der Waals surface area contributed by atoms with Crippen molar-refractivity contribution in [1.29, 1.82) is 0 Å². The summed E-state index contributed by atoms with van der Waals surface area (Å²) in [6.45, 7) is 3.98. The first-order chi connectivity index (χ1) is 13.7. The van der Waals surface area contributed by atoms with E-state index in [0.717, 1.165) is 50.3 Å². The molecule has 1 aromatic carbocycles. The van der Waals surface area contributed by atoms with Gasteiger partial charge in [0.05, 0.1) is 7.11 Å². The molecule has 1 aromatic heterocycles. The smallest absolute Gasteiger partial charge is 0.227 e. The predicted molar refractivity (Wildman–Crippen MR) is 105 cm³/mol. The predicted octanol–water partition coefficient (Wildman–Crippen LogP) is 2.67. The zero-order chi connectivity index (χ0) is 19.4. The molecule has 1 N–H and O–H groups in total. The third-order valence-corrected chi connectivity index (χ3v) is 6.21. The van der Waals surface area contributed by atoms with E-state index in [0.29, 0.717) is 30.0 Å². The van der Waals surface area contributed by atoms with Gasteiger partial charge in [0.25, 0.3) is 0 Å². The highest BCUT2D eigenvalue weighted by Crippen LogP contribution is 2.39. The van der Waals surface area contributed by atoms with Gasteiger partial charge in [-0.05, 0) is 68.5 Å². The highest BCUT2D eigenvalue weighted by molar-refractivity contribution is 5.76. The Morgan fingerprint density at radius 2 is 1.89 bits per heavy atom. The van der Waals surface area contributed by atoms with Gasteiger partial charge >= 0.3 is 0 Å². The summed E-state index contributed by atoms with van der Waals surface area (Å²) >= 11 is 0. The van der Waals surface area contributed by atoms with Crippen LogP contribution in [0.2, 0.25) is 0 Å². The van der Waals surface area contributed by atoms with Gasteiger partial charge in [0.1, 0.15) is 5.75 Å². The first kappa shape index (κ1) is 18.9. The van der Waals surface area contributed by atoms with E-state index in [1.165, 1.54) is 12.8 Å². The summed E-state index contributed by atoms with van der Waals surface area (Å²) in [6, 6.07) is 7.51. The Morgan fingerprint density at radius 3 is 2.57 bits per heavy atom. The molecule has 3 heterocycles. The maximum absolute atomic E-state index is 12.6. The van der Waals surface area contributed by atoms with Crippen LogP contribution in [0.25, 0.3) is 11.4 Å². The van der Waals surface area contributed by atoms with Crippen LogP contribution in [0.5, 0.6) is 5.75 Å². The molecule has 0 aliphatic carbocycles. The number of likely N-dealkylation sites (tertiary alicyclic amines) is 1. The van der Waals surface area contributed by atoms with Gasteiger partial charge in [-0.2, -0.15) is 4.98 Å². The van der Waals surface area contributed by atoms with Crippen molar-refractivity contribution in [2.24, 2.45) is 5.41 Å². The van der Waals surface area contributed by atoms with E-state index in [2.05, 4.69) is 15.5 Å². The molecule has 150 valence electrons. The molecule has 0 saturated carbocycles. The zero-order valence-electron chi connectivity index (χ0n) is 16.4. The molecule has 2 aliphatic rings. The van der Waals surface area contributed by atoms with Gasteiger partial charge in [-0.15, -0.1) is 0 Å². The van der Waals surface area contributed by atoms with Crippen LogP contribution < -0.4 is 10.1 Å². The summed E-state index contributed by atoms with van der Waals surface area (Å²) in [5.41, 5.74) is 1.33. The van der Waals surface area contributed by atoms with Crippen molar-refractivity contribution >= 4 is 5.91 Å². The van der Waals surface area contributed by atoms with Crippen molar-refractivity contribution < 1.29 is 14.1 Å². The fourth-order valence-corrected chi connectivity index (χ4v) is 4.27. The molecule has 4 rings (SSSR count). The Morgan fingerprint density at radius 1 is 1.18 bits per heavy atom. The fourth-order valence-electron chi connectivity index (χ4n) is 4.27. The summed E-state index contributed by atoms with van der Waals surface area (Å²) < 4.78 is 10.5. The van der Waals surface area contributed by atoms with E-state index in [9.17, 15) is 4.79 Å². The molecule has 7 heteroatoms. The van der Waals surface area contributed by atoms with Crippen molar-refractivity contribution in [3.63, 3.8) is 0 Å². The van der Waals surface area contributed by atoms with Crippen molar-refractivity contribution in [2.75, 3.05) is 33.3 Å². The number of hydrogen-bond donors (Lipinski definition) is 1. The van der Waals surface area contributed by atoms with Crippen LogP contribution >= 0.6 is 0 Å². The minimum atomic E-state index is 0.188. The summed E-state index contributed by atoms with van der Waals surface area (Å²) in [5.74, 6) is 2.01. The number of nitrogens with zero attached hydrogens (tertiary/aromatic N) is 3. The highest BCUT2D eigenvalue weighted by Gasteiger charge is 2.36. The topological polar surface area (TPSA) is 80.5 Å². The zero-order valence-corrected chi connectivity index (χ0v) is 16.4. The molecule has 0 radical (unpaired) electrons. The number of piperidine rings is 2. The lowest BCUT2D eigenvalue weighted by molar-refractivity contribution is -0.133. The van der Waals surface area contributed by atoms with E-state index in [1.807, 2.05) is 29.2 Å². The number of amides is 1. The maximum atomic E-state index is 12.6. The van der Waals surface area contributed by atoms with Gasteiger partial charge in [0.15, 0.2) is 0 Å². The summed E-state index contributed by atoms with van der Waals surface area (Å²) in [6.07, 6.45) is 5.63. The average molecular weight is 384 g/mol. The number of benzene rings is 1. The summed E-state index contributed by atoms with van der Waals surface area (Å²) in [7, 11) is 1.63. The quantitative estimate of drug-likeness (QED) is 0.854. The number of nitrogens with one attached hydrogen (secondary N) is 1.